The molecular weight excluding hydrogens is 337 g/mol. The third kappa shape index (κ3) is 3.38. The summed E-state index contributed by atoms with van der Waals surface area (Å²) in [5.41, 5.74) is 2.98. The van der Waals surface area contributed by atoms with E-state index in [0.717, 1.165) is 16.8 Å². The molecule has 0 radical (unpaired) electrons. The molecular formula is C19H17NOSe. The summed E-state index contributed by atoms with van der Waals surface area (Å²) >= 11 is 0.229. The molecule has 1 heterocycles. The average molecular weight is 354 g/mol. The van der Waals surface area contributed by atoms with Gasteiger partial charge >= 0.3 is 137 Å². The van der Waals surface area contributed by atoms with Crippen molar-refractivity contribution >= 4 is 25.3 Å². The van der Waals surface area contributed by atoms with Gasteiger partial charge in [-0.15, -0.1) is 0 Å². The molecule has 0 fully saturated rings. The summed E-state index contributed by atoms with van der Waals surface area (Å²) < 4.78 is 1.31. The molecule has 0 N–H and O–H groups in total. The van der Waals surface area contributed by atoms with Crippen LogP contribution in [0.1, 0.15) is 12.5 Å². The fourth-order valence-corrected chi connectivity index (χ4v) is 3.95. The molecule has 0 atom stereocenters. The van der Waals surface area contributed by atoms with Crippen molar-refractivity contribution in [3.05, 3.63) is 88.5 Å². The summed E-state index contributed by atoms with van der Waals surface area (Å²) in [6.45, 7) is 2.51. The zero-order valence-corrected chi connectivity index (χ0v) is 14.1. The van der Waals surface area contributed by atoms with Crippen molar-refractivity contribution in [3.63, 3.8) is 0 Å². The van der Waals surface area contributed by atoms with Crippen molar-refractivity contribution in [2.75, 3.05) is 0 Å². The van der Waals surface area contributed by atoms with Crippen molar-refractivity contribution in [2.45, 2.75) is 13.5 Å². The van der Waals surface area contributed by atoms with Crippen molar-refractivity contribution in [1.29, 1.82) is 0 Å². The van der Waals surface area contributed by atoms with Gasteiger partial charge in [0.2, 0.25) is 0 Å². The normalized spacial score (nSPS) is 16.2. The standard InChI is InChI=1S/C19H17NOSe/c1-15-12-17(14-22-18-10-6-3-7-11-18)20(19(15)21)13-16-8-4-2-5-9-16/h2-12,14H,13H2,1H3/b17-14+. The molecule has 1 aliphatic rings. The molecule has 1 aliphatic heterocycles. The molecule has 0 unspecified atom stereocenters. The zero-order valence-electron chi connectivity index (χ0n) is 12.4. The van der Waals surface area contributed by atoms with E-state index in [0.29, 0.717) is 6.54 Å². The van der Waals surface area contributed by atoms with Gasteiger partial charge in [0.05, 0.1) is 0 Å². The third-order valence-electron chi connectivity index (χ3n) is 3.50. The molecule has 22 heavy (non-hydrogen) atoms. The molecule has 3 heteroatoms. The van der Waals surface area contributed by atoms with Gasteiger partial charge in [-0.2, -0.15) is 0 Å². The number of carbonyl (C=O) groups is 1. The number of benzene rings is 2. The first kappa shape index (κ1) is 14.8. The van der Waals surface area contributed by atoms with E-state index in [1.54, 1.807) is 0 Å². The monoisotopic (exact) mass is 355 g/mol. The molecule has 0 spiro atoms. The Hall–Kier alpha value is -2.09. The molecule has 110 valence electrons. The van der Waals surface area contributed by atoms with Gasteiger partial charge in [0.1, 0.15) is 0 Å². The first-order chi connectivity index (χ1) is 10.7. The van der Waals surface area contributed by atoms with E-state index >= 15 is 0 Å². The summed E-state index contributed by atoms with van der Waals surface area (Å²) in [5.74, 6) is 0.110. The fraction of sp³-hybridized carbons (Fsp3) is 0.105. The van der Waals surface area contributed by atoms with E-state index in [4.69, 9.17) is 0 Å². The maximum absolute atomic E-state index is 12.4. The van der Waals surface area contributed by atoms with Crippen LogP contribution >= 0.6 is 0 Å². The number of hydrogen-bond donors (Lipinski definition) is 0. The second kappa shape index (κ2) is 6.78. The molecule has 0 saturated carbocycles. The molecule has 3 rings (SSSR count). The molecule has 2 nitrogen and oxygen atoms in total. The number of allylic oxidation sites excluding steroid dienone is 1. The number of nitrogens with zero attached hydrogens (tertiary/aromatic N) is 1. The van der Waals surface area contributed by atoms with Gasteiger partial charge < -0.3 is 0 Å². The Morgan fingerprint density at radius 1 is 1.00 bits per heavy atom. The number of amides is 1. The second-order valence-corrected chi connectivity index (χ2v) is 7.16. The van der Waals surface area contributed by atoms with Gasteiger partial charge in [0, 0.05) is 0 Å². The van der Waals surface area contributed by atoms with Crippen molar-refractivity contribution in [3.8, 4) is 0 Å². The van der Waals surface area contributed by atoms with Crippen LogP contribution in [0.2, 0.25) is 0 Å². The predicted molar refractivity (Wildman–Crippen MR) is 90.7 cm³/mol. The maximum atomic E-state index is 12.4. The van der Waals surface area contributed by atoms with Crippen molar-refractivity contribution in [1.82, 2.24) is 4.90 Å². The molecule has 1 amide bonds. The van der Waals surface area contributed by atoms with Crippen LogP contribution in [-0.4, -0.2) is 25.8 Å². The zero-order chi connectivity index (χ0) is 15.4. The van der Waals surface area contributed by atoms with Crippen molar-refractivity contribution < 1.29 is 4.79 Å². The van der Waals surface area contributed by atoms with E-state index in [1.807, 2.05) is 42.2 Å². The summed E-state index contributed by atoms with van der Waals surface area (Å²) in [7, 11) is 0. The van der Waals surface area contributed by atoms with Crippen LogP contribution in [0, 0.1) is 0 Å². The Bertz CT molecular complexity index is 720. The number of hydrogen-bond acceptors (Lipinski definition) is 1. The van der Waals surface area contributed by atoms with Crippen LogP contribution in [0.15, 0.2) is 83.0 Å². The Kier molecular flexibility index (Phi) is 4.57. The quantitative estimate of drug-likeness (QED) is 0.774. The molecule has 0 aromatic heterocycles. The molecule has 0 aliphatic carbocycles. The summed E-state index contributed by atoms with van der Waals surface area (Å²) in [4.78, 5) is 16.4. The number of rotatable bonds is 4. The summed E-state index contributed by atoms with van der Waals surface area (Å²) in [6, 6.07) is 20.5. The fourth-order valence-electron chi connectivity index (χ4n) is 2.35. The van der Waals surface area contributed by atoms with E-state index in [9.17, 15) is 4.79 Å². The van der Waals surface area contributed by atoms with Gasteiger partial charge in [-0.1, -0.05) is 0 Å². The Balaban J connectivity index is 1.80. The van der Waals surface area contributed by atoms with Gasteiger partial charge in [0.15, 0.2) is 0 Å². The van der Waals surface area contributed by atoms with Gasteiger partial charge in [-0.25, -0.2) is 0 Å². The summed E-state index contributed by atoms with van der Waals surface area (Å²) in [6.07, 6.45) is 2.00. The second-order valence-electron chi connectivity index (χ2n) is 5.18. The predicted octanol–water partition coefficient (Wildman–Crippen LogP) is 2.85. The first-order valence-corrected chi connectivity index (χ1v) is 9.04. The topological polar surface area (TPSA) is 20.3 Å². The Morgan fingerprint density at radius 3 is 2.32 bits per heavy atom. The summed E-state index contributed by atoms with van der Waals surface area (Å²) in [5, 5.41) is 0. The van der Waals surface area contributed by atoms with Crippen LogP contribution in [0.25, 0.3) is 0 Å². The van der Waals surface area contributed by atoms with E-state index < -0.39 is 0 Å². The van der Waals surface area contributed by atoms with E-state index in [-0.39, 0.29) is 20.9 Å². The van der Waals surface area contributed by atoms with Crippen molar-refractivity contribution in [2.24, 2.45) is 0 Å². The molecule has 0 bridgehead atoms. The van der Waals surface area contributed by atoms with Crippen LogP contribution in [0.3, 0.4) is 0 Å². The van der Waals surface area contributed by atoms with Crippen LogP contribution < -0.4 is 4.46 Å². The Labute approximate surface area is 137 Å². The molecule has 2 aromatic carbocycles. The Morgan fingerprint density at radius 2 is 1.64 bits per heavy atom. The third-order valence-corrected chi connectivity index (χ3v) is 5.40. The van der Waals surface area contributed by atoms with Crippen LogP contribution in [0.4, 0.5) is 0 Å². The van der Waals surface area contributed by atoms with E-state index in [1.165, 1.54) is 4.46 Å². The van der Waals surface area contributed by atoms with Gasteiger partial charge in [0.25, 0.3) is 0 Å². The molecule has 0 saturated heterocycles. The van der Waals surface area contributed by atoms with Gasteiger partial charge in [-0.05, 0) is 0 Å². The minimum absolute atomic E-state index is 0.110. The molecule has 2 aromatic rings. The average Bonchev–Trinajstić information content (AvgIpc) is 2.83. The number of carbonyl (C=O) groups excluding carboxylic acids is 1. The van der Waals surface area contributed by atoms with Crippen LogP contribution in [0.5, 0.6) is 0 Å². The minimum atomic E-state index is 0.110. The first-order valence-electron chi connectivity index (χ1n) is 7.20. The van der Waals surface area contributed by atoms with E-state index in [2.05, 4.69) is 41.4 Å². The van der Waals surface area contributed by atoms with Crippen LogP contribution in [-0.2, 0) is 11.3 Å². The van der Waals surface area contributed by atoms with Gasteiger partial charge in [-0.3, -0.25) is 0 Å². The SMILES string of the molecule is CC1=C/C(=C\[Se]c2ccccc2)N(Cc2ccccc2)C1=O.